The average Bonchev–Trinajstić information content (AvgIpc) is 2.75. The van der Waals surface area contributed by atoms with Crippen molar-refractivity contribution >= 4 is 39.1 Å². The number of amides is 2. The van der Waals surface area contributed by atoms with E-state index < -0.39 is 5.41 Å². The van der Waals surface area contributed by atoms with Gasteiger partial charge in [-0.25, -0.2) is 0 Å². The molecule has 0 fully saturated rings. The third-order valence-electron chi connectivity index (χ3n) is 4.74. The van der Waals surface area contributed by atoms with Crippen LogP contribution in [-0.4, -0.2) is 18.4 Å². The maximum absolute atomic E-state index is 12.7. The molecule has 0 aromatic heterocycles. The number of ether oxygens (including phenoxy) is 1. The summed E-state index contributed by atoms with van der Waals surface area (Å²) in [5.74, 6) is 0.345. The Balaban J connectivity index is 1.60. The van der Waals surface area contributed by atoms with Gasteiger partial charge in [0.25, 0.3) is 5.91 Å². The highest BCUT2D eigenvalue weighted by Crippen LogP contribution is 2.27. The largest absolute Gasteiger partial charge is 0.492 e. The van der Waals surface area contributed by atoms with Crippen LogP contribution in [0.3, 0.4) is 0 Å². The van der Waals surface area contributed by atoms with Crippen LogP contribution in [-0.2, 0) is 11.2 Å². The van der Waals surface area contributed by atoms with Gasteiger partial charge in [0.05, 0.1) is 11.1 Å². The van der Waals surface area contributed by atoms with E-state index in [0.29, 0.717) is 33.8 Å². The molecular weight excluding hydrogens is 468 g/mol. The summed E-state index contributed by atoms with van der Waals surface area (Å²) in [6.45, 7) is 6.09. The molecule has 0 spiro atoms. The third-order valence-corrected chi connectivity index (χ3v) is 5.36. The molecule has 0 aliphatic rings. The van der Waals surface area contributed by atoms with Crippen molar-refractivity contribution in [1.29, 1.82) is 0 Å². The first kappa shape index (κ1) is 23.5. The van der Waals surface area contributed by atoms with Crippen molar-refractivity contribution in [1.82, 2.24) is 0 Å². The van der Waals surface area contributed by atoms with E-state index in [4.69, 9.17) is 4.74 Å². The minimum absolute atomic E-state index is 0.0900. The van der Waals surface area contributed by atoms with Crippen molar-refractivity contribution in [3.63, 3.8) is 0 Å². The van der Waals surface area contributed by atoms with Gasteiger partial charge in [0.1, 0.15) is 5.75 Å². The Hall–Kier alpha value is -3.12. The average molecular weight is 495 g/mol. The fourth-order valence-corrected chi connectivity index (χ4v) is 3.37. The summed E-state index contributed by atoms with van der Waals surface area (Å²) in [4.78, 5) is 24.9. The van der Waals surface area contributed by atoms with Crippen molar-refractivity contribution in [3.8, 4) is 5.75 Å². The number of anilines is 2. The van der Waals surface area contributed by atoms with Crippen LogP contribution in [0.1, 0.15) is 36.7 Å². The first-order chi connectivity index (χ1) is 15.2. The number of benzene rings is 3. The van der Waals surface area contributed by atoms with Crippen LogP contribution in [0.5, 0.6) is 5.75 Å². The summed E-state index contributed by atoms with van der Waals surface area (Å²) in [7, 11) is 0. The summed E-state index contributed by atoms with van der Waals surface area (Å²) >= 11 is 3.49. The zero-order valence-electron chi connectivity index (χ0n) is 18.4. The summed E-state index contributed by atoms with van der Waals surface area (Å²) < 4.78 is 6.57. The molecule has 3 aromatic rings. The standard InChI is InChI=1S/C26H27BrN2O3/c1-26(2,3)25(31)29-21-11-7-10-20(17-21)28-24(30)19-12-13-23(22(27)16-19)32-15-14-18-8-5-4-6-9-18/h4-13,16-17H,14-15H2,1-3H3,(H,28,30)(H,29,31). The lowest BCUT2D eigenvalue weighted by molar-refractivity contribution is -0.123. The third kappa shape index (κ3) is 6.69. The van der Waals surface area contributed by atoms with Gasteiger partial charge in [-0.15, -0.1) is 0 Å². The number of carbonyl (C=O) groups is 2. The minimum atomic E-state index is -0.504. The SMILES string of the molecule is CC(C)(C)C(=O)Nc1cccc(NC(=O)c2ccc(OCCc3ccccc3)c(Br)c2)c1. The van der Waals surface area contributed by atoms with Gasteiger partial charge in [-0.3, -0.25) is 9.59 Å². The number of carbonyl (C=O) groups excluding carboxylic acids is 2. The maximum Gasteiger partial charge on any atom is 0.255 e. The highest BCUT2D eigenvalue weighted by Gasteiger charge is 2.21. The van der Waals surface area contributed by atoms with E-state index in [9.17, 15) is 9.59 Å². The van der Waals surface area contributed by atoms with Gasteiger partial charge in [0.15, 0.2) is 0 Å². The van der Waals surface area contributed by atoms with Crippen LogP contribution >= 0.6 is 15.9 Å². The maximum atomic E-state index is 12.7. The lowest BCUT2D eigenvalue weighted by atomic mass is 9.95. The van der Waals surface area contributed by atoms with Crippen molar-refractivity contribution in [2.45, 2.75) is 27.2 Å². The Bertz CT molecular complexity index is 1090. The van der Waals surface area contributed by atoms with E-state index in [-0.39, 0.29) is 11.8 Å². The predicted molar refractivity (Wildman–Crippen MR) is 132 cm³/mol. The molecule has 0 aliphatic carbocycles. The Labute approximate surface area is 197 Å². The van der Waals surface area contributed by atoms with Crippen molar-refractivity contribution < 1.29 is 14.3 Å². The molecule has 166 valence electrons. The number of nitrogens with one attached hydrogen (secondary N) is 2. The van der Waals surface area contributed by atoms with Crippen LogP contribution in [0.15, 0.2) is 77.3 Å². The van der Waals surface area contributed by atoms with E-state index in [1.807, 2.05) is 39.0 Å². The molecule has 5 nitrogen and oxygen atoms in total. The van der Waals surface area contributed by atoms with E-state index in [0.717, 1.165) is 6.42 Å². The molecule has 2 amide bonds. The summed E-state index contributed by atoms with van der Waals surface area (Å²) in [5.41, 5.74) is 2.43. The lowest BCUT2D eigenvalue weighted by Gasteiger charge is -2.18. The molecule has 32 heavy (non-hydrogen) atoms. The van der Waals surface area contributed by atoms with E-state index in [2.05, 4.69) is 38.7 Å². The first-order valence-electron chi connectivity index (χ1n) is 10.4. The van der Waals surface area contributed by atoms with Gasteiger partial charge >= 0.3 is 0 Å². The molecule has 0 atom stereocenters. The highest BCUT2D eigenvalue weighted by molar-refractivity contribution is 9.10. The number of hydrogen-bond donors (Lipinski definition) is 2. The monoisotopic (exact) mass is 494 g/mol. The molecule has 0 aliphatic heterocycles. The molecule has 0 radical (unpaired) electrons. The van der Waals surface area contributed by atoms with Gasteiger partial charge in [-0.2, -0.15) is 0 Å². The quantitative estimate of drug-likeness (QED) is 0.404. The number of rotatable bonds is 7. The molecule has 3 aromatic carbocycles. The molecule has 2 N–H and O–H groups in total. The fourth-order valence-electron chi connectivity index (χ4n) is 2.88. The Kier molecular flexibility index (Phi) is 7.70. The van der Waals surface area contributed by atoms with Crippen LogP contribution in [0, 0.1) is 5.41 Å². The molecule has 6 heteroatoms. The first-order valence-corrected chi connectivity index (χ1v) is 11.2. The second-order valence-corrected chi connectivity index (χ2v) is 9.32. The molecule has 0 unspecified atom stereocenters. The number of hydrogen-bond acceptors (Lipinski definition) is 3. The normalized spacial score (nSPS) is 11.0. The zero-order chi connectivity index (χ0) is 23.1. The van der Waals surface area contributed by atoms with Gasteiger partial charge in [-0.05, 0) is 57.9 Å². The minimum Gasteiger partial charge on any atom is -0.492 e. The Morgan fingerprint density at radius 2 is 1.56 bits per heavy atom. The van der Waals surface area contributed by atoms with Crippen molar-refractivity contribution in [2.75, 3.05) is 17.2 Å². The van der Waals surface area contributed by atoms with Gasteiger partial charge in [0.2, 0.25) is 5.91 Å². The smallest absolute Gasteiger partial charge is 0.255 e. The topological polar surface area (TPSA) is 67.4 Å². The van der Waals surface area contributed by atoms with Crippen LogP contribution in [0.2, 0.25) is 0 Å². The fraction of sp³-hybridized carbons (Fsp3) is 0.231. The molecule has 0 saturated heterocycles. The summed E-state index contributed by atoms with van der Waals surface area (Å²) in [5, 5.41) is 5.74. The molecule has 3 rings (SSSR count). The molecule has 0 heterocycles. The molecule has 0 bridgehead atoms. The zero-order valence-corrected chi connectivity index (χ0v) is 20.0. The lowest BCUT2D eigenvalue weighted by Crippen LogP contribution is -2.27. The Morgan fingerprint density at radius 3 is 2.22 bits per heavy atom. The predicted octanol–water partition coefficient (Wildman–Crippen LogP) is 6.31. The highest BCUT2D eigenvalue weighted by atomic mass is 79.9. The molecule has 0 saturated carbocycles. The van der Waals surface area contributed by atoms with Crippen molar-refractivity contribution in [2.24, 2.45) is 5.41 Å². The molecular formula is C26H27BrN2O3. The summed E-state index contributed by atoms with van der Waals surface area (Å²) in [6.07, 6.45) is 0.803. The van der Waals surface area contributed by atoms with E-state index in [1.54, 1.807) is 42.5 Å². The summed E-state index contributed by atoms with van der Waals surface area (Å²) in [6, 6.07) is 22.5. The van der Waals surface area contributed by atoms with Gasteiger partial charge in [-0.1, -0.05) is 57.2 Å². The van der Waals surface area contributed by atoms with Gasteiger partial charge in [0, 0.05) is 28.8 Å². The van der Waals surface area contributed by atoms with Crippen LogP contribution < -0.4 is 15.4 Å². The van der Waals surface area contributed by atoms with E-state index in [1.165, 1.54) is 5.56 Å². The number of halogens is 1. The van der Waals surface area contributed by atoms with Crippen LogP contribution in [0.4, 0.5) is 11.4 Å². The van der Waals surface area contributed by atoms with Gasteiger partial charge < -0.3 is 15.4 Å². The second-order valence-electron chi connectivity index (χ2n) is 8.47. The van der Waals surface area contributed by atoms with Crippen LogP contribution in [0.25, 0.3) is 0 Å². The van der Waals surface area contributed by atoms with E-state index >= 15 is 0 Å². The second kappa shape index (κ2) is 10.5. The Morgan fingerprint density at radius 1 is 0.875 bits per heavy atom. The van der Waals surface area contributed by atoms with Crippen molar-refractivity contribution in [3.05, 3.63) is 88.4 Å².